The van der Waals surface area contributed by atoms with Gasteiger partial charge in [0.25, 0.3) is 0 Å². The van der Waals surface area contributed by atoms with Gasteiger partial charge in [-0.05, 0) is 0 Å². The van der Waals surface area contributed by atoms with Crippen LogP contribution in [0.5, 0.6) is 0 Å². The number of hydrogen-bond donors (Lipinski definition) is 1. The molecule has 0 spiro atoms. The first-order chi connectivity index (χ1) is 4.62. The van der Waals surface area contributed by atoms with E-state index in [0.717, 1.165) is 19.8 Å². The van der Waals surface area contributed by atoms with Crippen molar-refractivity contribution in [2.45, 2.75) is 26.8 Å². The van der Waals surface area contributed by atoms with Crippen molar-refractivity contribution in [1.82, 2.24) is 5.32 Å². The van der Waals surface area contributed by atoms with Crippen molar-refractivity contribution in [2.75, 3.05) is 19.8 Å². The largest absolute Gasteiger partial charge is 0.380 e. The molecule has 1 aliphatic heterocycles. The Morgan fingerprint density at radius 2 is 2.10 bits per heavy atom. The van der Waals surface area contributed by atoms with Crippen LogP contribution in [0, 0.1) is 5.41 Å². The smallest absolute Gasteiger partial charge is 0.0554 e. The Hall–Kier alpha value is -0.0800. The third kappa shape index (κ3) is 1.96. The number of ether oxygens (including phenoxy) is 1. The summed E-state index contributed by atoms with van der Waals surface area (Å²) in [7, 11) is 0. The quantitative estimate of drug-likeness (QED) is 0.637. The van der Waals surface area contributed by atoms with Gasteiger partial charge in [0.05, 0.1) is 13.2 Å². The van der Waals surface area contributed by atoms with Crippen LogP contribution in [-0.2, 0) is 4.74 Å². The summed E-state index contributed by atoms with van der Waals surface area (Å²) in [6, 6.07) is 0.595. The number of rotatable bonds is 3. The Morgan fingerprint density at radius 3 is 2.40 bits per heavy atom. The molecule has 0 amide bonds. The summed E-state index contributed by atoms with van der Waals surface area (Å²) in [6.07, 6.45) is 0. The van der Waals surface area contributed by atoms with Crippen molar-refractivity contribution in [3.05, 3.63) is 0 Å². The van der Waals surface area contributed by atoms with E-state index in [1.807, 2.05) is 0 Å². The van der Waals surface area contributed by atoms with Gasteiger partial charge in [-0.15, -0.1) is 0 Å². The third-order valence-corrected chi connectivity index (χ3v) is 1.84. The van der Waals surface area contributed by atoms with E-state index in [0.29, 0.717) is 11.5 Å². The second kappa shape index (κ2) is 2.89. The zero-order chi connectivity index (χ0) is 7.61. The van der Waals surface area contributed by atoms with Crippen LogP contribution in [0.25, 0.3) is 0 Å². The van der Waals surface area contributed by atoms with Crippen LogP contribution in [0.1, 0.15) is 20.8 Å². The molecule has 2 nitrogen and oxygen atoms in total. The summed E-state index contributed by atoms with van der Waals surface area (Å²) in [5, 5.41) is 3.41. The van der Waals surface area contributed by atoms with Gasteiger partial charge in [0.1, 0.15) is 0 Å². The third-order valence-electron chi connectivity index (χ3n) is 1.84. The van der Waals surface area contributed by atoms with Gasteiger partial charge in [-0.1, -0.05) is 20.8 Å². The summed E-state index contributed by atoms with van der Waals surface area (Å²) in [4.78, 5) is 0. The zero-order valence-corrected chi connectivity index (χ0v) is 7.11. The van der Waals surface area contributed by atoms with Crippen molar-refractivity contribution in [2.24, 2.45) is 5.41 Å². The zero-order valence-electron chi connectivity index (χ0n) is 7.11. The highest BCUT2D eigenvalue weighted by Crippen LogP contribution is 2.25. The molecule has 0 radical (unpaired) electrons. The minimum absolute atomic E-state index is 0.421. The SMILES string of the molecule is CC(C)NCC1(C)COC1. The number of hydrogen-bond acceptors (Lipinski definition) is 2. The molecular formula is C8H17NO. The van der Waals surface area contributed by atoms with E-state index < -0.39 is 0 Å². The first kappa shape index (κ1) is 8.02. The highest BCUT2D eigenvalue weighted by molar-refractivity contribution is 4.83. The van der Waals surface area contributed by atoms with E-state index in [1.54, 1.807) is 0 Å². The Kier molecular flexibility index (Phi) is 2.32. The first-order valence-corrected chi connectivity index (χ1v) is 3.93. The Morgan fingerprint density at radius 1 is 1.50 bits per heavy atom. The molecule has 0 bridgehead atoms. The molecule has 0 aromatic heterocycles. The fourth-order valence-electron chi connectivity index (χ4n) is 1.00. The maximum absolute atomic E-state index is 5.13. The van der Waals surface area contributed by atoms with E-state index in [2.05, 4.69) is 26.1 Å². The van der Waals surface area contributed by atoms with Crippen LogP contribution < -0.4 is 5.32 Å². The van der Waals surface area contributed by atoms with Gasteiger partial charge in [-0.3, -0.25) is 0 Å². The van der Waals surface area contributed by atoms with Crippen LogP contribution in [0.4, 0.5) is 0 Å². The van der Waals surface area contributed by atoms with E-state index in [1.165, 1.54) is 0 Å². The molecule has 60 valence electrons. The van der Waals surface area contributed by atoms with E-state index in [-0.39, 0.29) is 0 Å². The summed E-state index contributed by atoms with van der Waals surface area (Å²) in [5.41, 5.74) is 0.421. The van der Waals surface area contributed by atoms with Crippen molar-refractivity contribution in [3.63, 3.8) is 0 Å². The van der Waals surface area contributed by atoms with Crippen molar-refractivity contribution < 1.29 is 4.74 Å². The molecule has 10 heavy (non-hydrogen) atoms. The van der Waals surface area contributed by atoms with Crippen LogP contribution in [-0.4, -0.2) is 25.8 Å². The average molecular weight is 143 g/mol. The van der Waals surface area contributed by atoms with Crippen LogP contribution >= 0.6 is 0 Å². The fraction of sp³-hybridized carbons (Fsp3) is 1.00. The number of nitrogens with one attached hydrogen (secondary N) is 1. The second-order valence-electron chi connectivity index (χ2n) is 3.84. The van der Waals surface area contributed by atoms with Gasteiger partial charge in [0.2, 0.25) is 0 Å². The summed E-state index contributed by atoms with van der Waals surface area (Å²) in [5.74, 6) is 0. The Labute approximate surface area is 63.0 Å². The molecule has 2 heteroatoms. The fourth-order valence-corrected chi connectivity index (χ4v) is 1.00. The first-order valence-electron chi connectivity index (χ1n) is 3.93. The average Bonchev–Trinajstić information content (AvgIpc) is 1.79. The molecule has 1 saturated heterocycles. The Bertz CT molecular complexity index is 108. The minimum Gasteiger partial charge on any atom is -0.380 e. The maximum atomic E-state index is 5.13. The molecular weight excluding hydrogens is 126 g/mol. The van der Waals surface area contributed by atoms with Gasteiger partial charge in [-0.25, -0.2) is 0 Å². The van der Waals surface area contributed by atoms with Crippen molar-refractivity contribution in [3.8, 4) is 0 Å². The molecule has 1 aliphatic rings. The predicted octanol–water partition coefficient (Wildman–Crippen LogP) is 1.02. The summed E-state index contributed by atoms with van der Waals surface area (Å²) in [6.45, 7) is 9.53. The van der Waals surface area contributed by atoms with Crippen LogP contribution in [0.3, 0.4) is 0 Å². The normalized spacial score (nSPS) is 22.8. The lowest BCUT2D eigenvalue weighted by Gasteiger charge is -2.38. The molecule has 1 N–H and O–H groups in total. The highest BCUT2D eigenvalue weighted by Gasteiger charge is 2.32. The van der Waals surface area contributed by atoms with E-state index in [9.17, 15) is 0 Å². The minimum atomic E-state index is 0.421. The Balaban J connectivity index is 2.12. The summed E-state index contributed by atoms with van der Waals surface area (Å²) < 4.78 is 5.13. The molecule has 0 aromatic rings. The molecule has 0 aromatic carbocycles. The molecule has 0 aliphatic carbocycles. The second-order valence-corrected chi connectivity index (χ2v) is 3.84. The molecule has 1 heterocycles. The standard InChI is InChI=1S/C8H17NO/c1-7(2)9-4-8(3)5-10-6-8/h7,9H,4-6H2,1-3H3. The van der Waals surface area contributed by atoms with E-state index in [4.69, 9.17) is 4.74 Å². The lowest BCUT2D eigenvalue weighted by Crippen LogP contribution is -2.48. The van der Waals surface area contributed by atoms with Gasteiger partial charge >= 0.3 is 0 Å². The molecule has 1 fully saturated rings. The summed E-state index contributed by atoms with van der Waals surface area (Å²) >= 11 is 0. The molecule has 0 saturated carbocycles. The van der Waals surface area contributed by atoms with Crippen molar-refractivity contribution in [1.29, 1.82) is 0 Å². The predicted molar refractivity (Wildman–Crippen MR) is 42.1 cm³/mol. The lowest BCUT2D eigenvalue weighted by molar-refractivity contribution is -0.0996. The van der Waals surface area contributed by atoms with Gasteiger partial charge in [-0.2, -0.15) is 0 Å². The molecule has 1 rings (SSSR count). The van der Waals surface area contributed by atoms with E-state index >= 15 is 0 Å². The lowest BCUT2D eigenvalue weighted by atomic mass is 9.88. The van der Waals surface area contributed by atoms with Crippen molar-refractivity contribution >= 4 is 0 Å². The molecule has 0 atom stereocenters. The van der Waals surface area contributed by atoms with Gasteiger partial charge in [0.15, 0.2) is 0 Å². The van der Waals surface area contributed by atoms with Crippen LogP contribution in [0.2, 0.25) is 0 Å². The maximum Gasteiger partial charge on any atom is 0.0554 e. The molecule has 0 unspecified atom stereocenters. The van der Waals surface area contributed by atoms with Crippen LogP contribution in [0.15, 0.2) is 0 Å². The highest BCUT2D eigenvalue weighted by atomic mass is 16.5. The monoisotopic (exact) mass is 143 g/mol. The van der Waals surface area contributed by atoms with Gasteiger partial charge < -0.3 is 10.1 Å². The topological polar surface area (TPSA) is 21.3 Å². The van der Waals surface area contributed by atoms with Gasteiger partial charge in [0, 0.05) is 18.0 Å².